The predicted molar refractivity (Wildman–Crippen MR) is 87.8 cm³/mol. The highest BCUT2D eigenvalue weighted by Gasteiger charge is 2.46. The number of ketones is 1. The molecule has 3 heterocycles. The highest BCUT2D eigenvalue weighted by Crippen LogP contribution is 2.41. The van der Waals surface area contributed by atoms with Crippen molar-refractivity contribution in [2.45, 2.75) is 33.0 Å². The molecule has 2 unspecified atom stereocenters. The number of hydrogen-bond donors (Lipinski definition) is 0. The standard InChI is InChI=1S/C19H18N2O2/c1-11-15(9-10-21-13(3)12(2)20-19(11)21)16(22)18-17(23-18)14-7-5-4-6-8-14/h4-10,17-18H,1-3H3. The highest BCUT2D eigenvalue weighted by molar-refractivity contribution is 6.03. The van der Waals surface area contributed by atoms with E-state index in [2.05, 4.69) is 4.98 Å². The van der Waals surface area contributed by atoms with Crippen LogP contribution in [0.4, 0.5) is 0 Å². The number of pyridine rings is 1. The lowest BCUT2D eigenvalue weighted by Gasteiger charge is -2.06. The van der Waals surface area contributed by atoms with Gasteiger partial charge in [0.2, 0.25) is 0 Å². The van der Waals surface area contributed by atoms with Crippen molar-refractivity contribution in [1.82, 2.24) is 9.38 Å². The largest absolute Gasteiger partial charge is 0.356 e. The number of Topliss-reactive ketones (excluding diaryl/α,β-unsaturated/α-hetero) is 1. The first-order chi connectivity index (χ1) is 11.1. The van der Waals surface area contributed by atoms with Crippen LogP contribution in [-0.2, 0) is 4.74 Å². The molecule has 4 heteroatoms. The summed E-state index contributed by atoms with van der Waals surface area (Å²) in [5, 5.41) is 0. The summed E-state index contributed by atoms with van der Waals surface area (Å²) in [6, 6.07) is 11.8. The molecule has 0 amide bonds. The molecular weight excluding hydrogens is 288 g/mol. The van der Waals surface area contributed by atoms with E-state index in [0.29, 0.717) is 5.56 Å². The van der Waals surface area contributed by atoms with Crippen LogP contribution in [0, 0.1) is 20.8 Å². The Labute approximate surface area is 134 Å². The molecule has 1 aliphatic rings. The number of hydrogen-bond acceptors (Lipinski definition) is 3. The maximum Gasteiger partial charge on any atom is 0.195 e. The molecule has 116 valence electrons. The zero-order chi connectivity index (χ0) is 16.1. The van der Waals surface area contributed by atoms with Crippen LogP contribution in [0.1, 0.15) is 39.0 Å². The van der Waals surface area contributed by atoms with Crippen LogP contribution in [0.25, 0.3) is 5.65 Å². The fraction of sp³-hybridized carbons (Fsp3) is 0.263. The van der Waals surface area contributed by atoms with E-state index in [1.54, 1.807) is 0 Å². The number of benzene rings is 1. The Hall–Kier alpha value is -2.46. The molecule has 0 saturated carbocycles. The first-order valence-electron chi connectivity index (χ1n) is 7.77. The number of rotatable bonds is 3. The maximum absolute atomic E-state index is 12.8. The van der Waals surface area contributed by atoms with Crippen molar-refractivity contribution in [3.63, 3.8) is 0 Å². The monoisotopic (exact) mass is 306 g/mol. The minimum absolute atomic E-state index is 0.0390. The average Bonchev–Trinajstić information content (AvgIpc) is 3.31. The van der Waals surface area contributed by atoms with Gasteiger partial charge in [0.05, 0.1) is 5.69 Å². The Bertz CT molecular complexity index is 912. The number of fused-ring (bicyclic) bond motifs is 1. The second-order valence-corrected chi connectivity index (χ2v) is 6.08. The van der Waals surface area contributed by atoms with Gasteiger partial charge in [-0.3, -0.25) is 4.79 Å². The van der Waals surface area contributed by atoms with Crippen molar-refractivity contribution >= 4 is 11.4 Å². The van der Waals surface area contributed by atoms with Gasteiger partial charge in [-0.2, -0.15) is 0 Å². The predicted octanol–water partition coefficient (Wildman–Crippen LogP) is 3.58. The first kappa shape index (κ1) is 14.2. The van der Waals surface area contributed by atoms with Crippen molar-refractivity contribution in [1.29, 1.82) is 0 Å². The van der Waals surface area contributed by atoms with E-state index in [-0.39, 0.29) is 18.0 Å². The summed E-state index contributed by atoms with van der Waals surface area (Å²) in [6.07, 6.45) is 1.42. The molecule has 2 aromatic heterocycles. The summed E-state index contributed by atoms with van der Waals surface area (Å²) in [6.45, 7) is 5.97. The van der Waals surface area contributed by atoms with Gasteiger partial charge in [0.1, 0.15) is 11.8 Å². The van der Waals surface area contributed by atoms with Crippen LogP contribution in [-0.4, -0.2) is 21.3 Å². The van der Waals surface area contributed by atoms with Gasteiger partial charge in [0.15, 0.2) is 11.9 Å². The Morgan fingerprint density at radius 1 is 1.13 bits per heavy atom. The fourth-order valence-corrected chi connectivity index (χ4v) is 3.10. The molecule has 1 aliphatic heterocycles. The molecule has 3 aromatic rings. The van der Waals surface area contributed by atoms with Crippen LogP contribution in [0.5, 0.6) is 0 Å². The van der Waals surface area contributed by atoms with Crippen molar-refractivity contribution in [3.8, 4) is 0 Å². The lowest BCUT2D eigenvalue weighted by Crippen LogP contribution is -2.11. The van der Waals surface area contributed by atoms with E-state index >= 15 is 0 Å². The molecule has 23 heavy (non-hydrogen) atoms. The molecule has 1 fully saturated rings. The number of carbonyl (C=O) groups excluding carboxylic acids is 1. The molecule has 0 N–H and O–H groups in total. The smallest absolute Gasteiger partial charge is 0.195 e. The Morgan fingerprint density at radius 2 is 1.87 bits per heavy atom. The van der Waals surface area contributed by atoms with Crippen LogP contribution >= 0.6 is 0 Å². The van der Waals surface area contributed by atoms with E-state index < -0.39 is 0 Å². The van der Waals surface area contributed by atoms with Gasteiger partial charge in [-0.1, -0.05) is 30.3 Å². The molecule has 0 bridgehead atoms. The minimum Gasteiger partial charge on any atom is -0.356 e. The van der Waals surface area contributed by atoms with Crippen molar-refractivity contribution in [2.75, 3.05) is 0 Å². The van der Waals surface area contributed by atoms with E-state index in [0.717, 1.165) is 28.2 Å². The van der Waals surface area contributed by atoms with E-state index in [9.17, 15) is 4.79 Å². The Kier molecular flexibility index (Phi) is 3.10. The number of ether oxygens (including phenoxy) is 1. The SMILES string of the molecule is Cc1nc2c(C)c(C(=O)C3OC3c3ccccc3)ccn2c1C. The number of carbonyl (C=O) groups is 1. The minimum atomic E-state index is -0.379. The summed E-state index contributed by atoms with van der Waals surface area (Å²) in [7, 11) is 0. The highest BCUT2D eigenvalue weighted by atomic mass is 16.6. The van der Waals surface area contributed by atoms with Crippen LogP contribution in [0.3, 0.4) is 0 Å². The zero-order valence-electron chi connectivity index (χ0n) is 13.4. The lowest BCUT2D eigenvalue weighted by molar-refractivity contribution is 0.0953. The molecule has 1 saturated heterocycles. The van der Waals surface area contributed by atoms with E-state index in [1.165, 1.54) is 0 Å². The summed E-state index contributed by atoms with van der Waals surface area (Å²) < 4.78 is 7.67. The molecule has 0 spiro atoms. The van der Waals surface area contributed by atoms with Gasteiger partial charge >= 0.3 is 0 Å². The second-order valence-electron chi connectivity index (χ2n) is 6.08. The van der Waals surface area contributed by atoms with Gasteiger partial charge < -0.3 is 9.14 Å². The van der Waals surface area contributed by atoms with Gasteiger partial charge in [-0.05, 0) is 32.4 Å². The molecule has 4 rings (SSSR count). The molecule has 2 atom stereocenters. The molecule has 4 nitrogen and oxygen atoms in total. The van der Waals surface area contributed by atoms with E-state index in [1.807, 2.05) is 67.8 Å². The summed E-state index contributed by atoms with van der Waals surface area (Å²) in [5.41, 5.74) is 5.61. The zero-order valence-corrected chi connectivity index (χ0v) is 13.4. The topological polar surface area (TPSA) is 46.9 Å². The molecule has 0 aliphatic carbocycles. The number of aryl methyl sites for hydroxylation is 3. The fourth-order valence-electron chi connectivity index (χ4n) is 3.10. The maximum atomic E-state index is 12.8. The van der Waals surface area contributed by atoms with Crippen LogP contribution in [0.2, 0.25) is 0 Å². The van der Waals surface area contributed by atoms with Gasteiger partial charge in [-0.15, -0.1) is 0 Å². The molecule has 1 aromatic carbocycles. The third-order valence-electron chi connectivity index (χ3n) is 4.66. The second kappa shape index (κ2) is 5.03. The quantitative estimate of drug-likeness (QED) is 0.549. The number of imidazole rings is 1. The van der Waals surface area contributed by atoms with Crippen LogP contribution < -0.4 is 0 Å². The number of epoxide rings is 1. The molecule has 0 radical (unpaired) electrons. The van der Waals surface area contributed by atoms with Crippen molar-refractivity contribution in [3.05, 3.63) is 70.7 Å². The summed E-state index contributed by atoms with van der Waals surface area (Å²) in [4.78, 5) is 17.4. The third-order valence-corrected chi connectivity index (χ3v) is 4.66. The summed E-state index contributed by atoms with van der Waals surface area (Å²) >= 11 is 0. The third kappa shape index (κ3) is 2.18. The number of nitrogens with zero attached hydrogens (tertiary/aromatic N) is 2. The first-order valence-corrected chi connectivity index (χ1v) is 7.77. The van der Waals surface area contributed by atoms with Gasteiger partial charge in [0, 0.05) is 23.0 Å². The van der Waals surface area contributed by atoms with Gasteiger partial charge in [-0.25, -0.2) is 4.98 Å². The van der Waals surface area contributed by atoms with Gasteiger partial charge in [0.25, 0.3) is 0 Å². The summed E-state index contributed by atoms with van der Waals surface area (Å²) in [5.74, 6) is 0.0390. The molecular formula is C19H18N2O2. The normalized spacial score (nSPS) is 20.0. The lowest BCUT2D eigenvalue weighted by atomic mass is 10.0. The number of aromatic nitrogens is 2. The van der Waals surface area contributed by atoms with E-state index in [4.69, 9.17) is 4.74 Å². The Balaban J connectivity index is 1.68. The van der Waals surface area contributed by atoms with Crippen molar-refractivity contribution < 1.29 is 9.53 Å². The van der Waals surface area contributed by atoms with Crippen LogP contribution in [0.15, 0.2) is 42.6 Å². The van der Waals surface area contributed by atoms with Crippen molar-refractivity contribution in [2.24, 2.45) is 0 Å². The average molecular weight is 306 g/mol. The Morgan fingerprint density at radius 3 is 2.61 bits per heavy atom.